The van der Waals surface area contributed by atoms with Crippen LogP contribution in [-0.4, -0.2) is 21.0 Å². The number of benzene rings is 3. The molecule has 0 aliphatic heterocycles. The third-order valence-corrected chi connectivity index (χ3v) is 6.19. The van der Waals surface area contributed by atoms with Crippen LogP contribution in [0.5, 0.6) is 0 Å². The van der Waals surface area contributed by atoms with Crippen LogP contribution in [0.3, 0.4) is 0 Å². The van der Waals surface area contributed by atoms with Gasteiger partial charge in [-0.2, -0.15) is 0 Å². The molecule has 3 aromatic carbocycles. The van der Waals surface area contributed by atoms with Gasteiger partial charge in [-0.1, -0.05) is 67.1 Å². The summed E-state index contributed by atoms with van der Waals surface area (Å²) in [6.07, 6.45) is 8.16. The number of aromatic amines is 1. The average molecular weight is 421 g/mol. The number of H-pyrrole nitrogens is 1. The minimum atomic E-state index is -0.945. The third-order valence-electron chi connectivity index (χ3n) is 6.19. The molecule has 0 saturated heterocycles. The number of hydrogen-bond acceptors (Lipinski definition) is 2. The van der Waals surface area contributed by atoms with Crippen molar-refractivity contribution in [2.24, 2.45) is 5.92 Å². The molecule has 1 fully saturated rings. The summed E-state index contributed by atoms with van der Waals surface area (Å²) in [5.74, 6) is -0.421. The fourth-order valence-electron chi connectivity index (χ4n) is 4.40. The Morgan fingerprint density at radius 3 is 2.38 bits per heavy atom. The van der Waals surface area contributed by atoms with E-state index in [-0.39, 0.29) is 0 Å². The summed E-state index contributed by atoms with van der Waals surface area (Å²) in [6.45, 7) is 0. The highest BCUT2D eigenvalue weighted by molar-refractivity contribution is 6.01. The van der Waals surface area contributed by atoms with Crippen LogP contribution in [-0.2, 0) is 4.79 Å². The molecule has 1 aromatic heterocycles. The van der Waals surface area contributed by atoms with Crippen LogP contribution in [0.15, 0.2) is 85.2 Å². The van der Waals surface area contributed by atoms with Crippen molar-refractivity contribution in [2.75, 3.05) is 0 Å². The molecule has 0 atom stereocenters. The fraction of sp³-hybridized carbons (Fsp3) is 0.143. The highest BCUT2D eigenvalue weighted by Gasteiger charge is 2.27. The first-order valence-electron chi connectivity index (χ1n) is 10.9. The van der Waals surface area contributed by atoms with E-state index in [1.165, 1.54) is 42.0 Å². The van der Waals surface area contributed by atoms with E-state index in [4.69, 9.17) is 5.11 Å². The molecular weight excluding hydrogens is 396 g/mol. The van der Waals surface area contributed by atoms with Gasteiger partial charge in [0.25, 0.3) is 0 Å². The first-order valence-corrected chi connectivity index (χ1v) is 10.9. The molecule has 1 heterocycles. The number of carboxylic acids is 1. The molecule has 32 heavy (non-hydrogen) atoms. The zero-order valence-electron chi connectivity index (χ0n) is 17.7. The van der Waals surface area contributed by atoms with Crippen LogP contribution in [0, 0.1) is 5.92 Å². The highest BCUT2D eigenvalue weighted by Crippen LogP contribution is 2.45. The second-order valence-electron chi connectivity index (χ2n) is 8.21. The summed E-state index contributed by atoms with van der Waals surface area (Å²) in [5.41, 5.74) is 8.98. The van der Waals surface area contributed by atoms with Crippen LogP contribution in [0.4, 0.5) is 0 Å². The van der Waals surface area contributed by atoms with Gasteiger partial charge >= 0.3 is 5.97 Å². The lowest BCUT2D eigenvalue weighted by Crippen LogP contribution is -2.15. The van der Waals surface area contributed by atoms with Gasteiger partial charge in [-0.25, -0.2) is 9.78 Å². The Balaban J connectivity index is 1.71. The number of allylic oxidation sites excluding steroid dienone is 1. The maximum atomic E-state index is 10.9. The van der Waals surface area contributed by atoms with Crippen molar-refractivity contribution in [3.8, 4) is 0 Å². The minimum absolute atomic E-state index is 0.524. The van der Waals surface area contributed by atoms with Gasteiger partial charge in [-0.05, 0) is 70.4 Å². The summed E-state index contributed by atoms with van der Waals surface area (Å²) < 4.78 is 0. The van der Waals surface area contributed by atoms with Crippen molar-refractivity contribution in [3.05, 3.63) is 107 Å². The van der Waals surface area contributed by atoms with Gasteiger partial charge in [-0.3, -0.25) is 0 Å². The fourth-order valence-corrected chi connectivity index (χ4v) is 4.40. The monoisotopic (exact) mass is 420 g/mol. The molecule has 1 aliphatic carbocycles. The van der Waals surface area contributed by atoms with Gasteiger partial charge in [-0.15, -0.1) is 0 Å². The first kappa shape index (κ1) is 20.0. The average Bonchev–Trinajstić information content (AvgIpc) is 3.25. The minimum Gasteiger partial charge on any atom is -0.478 e. The van der Waals surface area contributed by atoms with E-state index in [9.17, 15) is 4.79 Å². The van der Waals surface area contributed by atoms with Crippen molar-refractivity contribution in [3.63, 3.8) is 0 Å². The molecule has 158 valence electrons. The molecular formula is C28H24N2O2. The number of aromatic nitrogens is 2. The smallest absolute Gasteiger partial charge is 0.328 e. The number of carbonyl (C=O) groups is 1. The number of aliphatic carboxylic acids is 1. The Morgan fingerprint density at radius 2 is 1.69 bits per heavy atom. The van der Waals surface area contributed by atoms with Crippen LogP contribution in [0.1, 0.15) is 41.5 Å². The molecule has 1 saturated carbocycles. The van der Waals surface area contributed by atoms with Crippen molar-refractivity contribution in [2.45, 2.75) is 19.3 Å². The largest absolute Gasteiger partial charge is 0.478 e. The second kappa shape index (κ2) is 8.67. The maximum absolute atomic E-state index is 10.9. The Labute approximate surface area is 187 Å². The molecule has 4 aromatic rings. The van der Waals surface area contributed by atoms with E-state index in [1.807, 2.05) is 12.1 Å². The van der Waals surface area contributed by atoms with Gasteiger partial charge in [0.05, 0.1) is 17.4 Å². The van der Waals surface area contributed by atoms with E-state index in [0.29, 0.717) is 5.92 Å². The third kappa shape index (κ3) is 4.00. The van der Waals surface area contributed by atoms with Crippen LogP contribution < -0.4 is 0 Å². The summed E-state index contributed by atoms with van der Waals surface area (Å²) in [6, 6.07) is 25.2. The Bertz CT molecular complexity index is 1310. The molecule has 0 amide bonds. The van der Waals surface area contributed by atoms with Crippen molar-refractivity contribution in [1.82, 2.24) is 9.97 Å². The Morgan fingerprint density at radius 1 is 0.938 bits per heavy atom. The molecule has 0 spiro atoms. The number of rotatable bonds is 6. The summed E-state index contributed by atoms with van der Waals surface area (Å²) in [7, 11) is 0. The van der Waals surface area contributed by atoms with E-state index < -0.39 is 5.97 Å². The predicted molar refractivity (Wildman–Crippen MR) is 129 cm³/mol. The lowest BCUT2D eigenvalue weighted by atomic mass is 9.73. The number of hydrogen-bond donors (Lipinski definition) is 2. The first-order chi connectivity index (χ1) is 15.7. The number of nitrogens with one attached hydrogen (secondary N) is 1. The molecule has 0 bridgehead atoms. The van der Waals surface area contributed by atoms with Gasteiger partial charge in [0.15, 0.2) is 0 Å². The van der Waals surface area contributed by atoms with Gasteiger partial charge in [0, 0.05) is 6.08 Å². The number of imidazole rings is 1. The number of carboxylic acid groups (broad SMARTS) is 1. The Kier molecular flexibility index (Phi) is 5.42. The number of fused-ring (bicyclic) bond motifs is 1. The predicted octanol–water partition coefficient (Wildman–Crippen LogP) is 6.42. The van der Waals surface area contributed by atoms with E-state index >= 15 is 0 Å². The molecule has 5 rings (SSSR count). The highest BCUT2D eigenvalue weighted by atomic mass is 16.4. The molecule has 2 N–H and O–H groups in total. The Hall–Kier alpha value is -3.92. The van der Waals surface area contributed by atoms with Crippen LogP contribution >= 0.6 is 0 Å². The van der Waals surface area contributed by atoms with Crippen LogP contribution in [0.2, 0.25) is 0 Å². The summed E-state index contributed by atoms with van der Waals surface area (Å²) in [4.78, 5) is 18.5. The zero-order chi connectivity index (χ0) is 21.9. The van der Waals surface area contributed by atoms with E-state index in [2.05, 4.69) is 70.6 Å². The molecule has 0 radical (unpaired) electrons. The summed E-state index contributed by atoms with van der Waals surface area (Å²) in [5, 5.41) is 8.93. The van der Waals surface area contributed by atoms with Crippen molar-refractivity contribution in [1.29, 1.82) is 0 Å². The second-order valence-corrected chi connectivity index (χ2v) is 8.21. The van der Waals surface area contributed by atoms with Gasteiger partial charge < -0.3 is 10.1 Å². The molecule has 4 nitrogen and oxygen atoms in total. The van der Waals surface area contributed by atoms with Gasteiger partial charge in [0.2, 0.25) is 0 Å². The summed E-state index contributed by atoms with van der Waals surface area (Å²) >= 11 is 0. The normalized spacial score (nSPS) is 15.0. The quantitative estimate of drug-likeness (QED) is 0.279. The molecule has 0 unspecified atom stereocenters. The van der Waals surface area contributed by atoms with Crippen molar-refractivity contribution < 1.29 is 9.90 Å². The van der Waals surface area contributed by atoms with Crippen molar-refractivity contribution >= 4 is 34.2 Å². The lowest BCUT2D eigenvalue weighted by molar-refractivity contribution is -0.131. The van der Waals surface area contributed by atoms with Gasteiger partial charge in [0.1, 0.15) is 0 Å². The standard InChI is InChI=1S/C28H24N2O2/c31-26(32)16-11-19-9-12-22(13-10-19)28(23-14-15-24-25(17-23)30-18-29-24)27(21-7-4-8-21)20-5-2-1-3-6-20/h1-3,5-6,9-18,21H,4,7-8H2,(H,29,30)(H,31,32)/b16-11+,28-27-. The maximum Gasteiger partial charge on any atom is 0.328 e. The molecule has 1 aliphatic rings. The lowest BCUT2D eigenvalue weighted by Gasteiger charge is -2.31. The zero-order valence-corrected chi connectivity index (χ0v) is 17.7. The topological polar surface area (TPSA) is 66.0 Å². The van der Waals surface area contributed by atoms with E-state index in [0.717, 1.165) is 27.7 Å². The number of nitrogens with zero attached hydrogens (tertiary/aromatic N) is 1. The molecule has 4 heteroatoms. The SMILES string of the molecule is O=C(O)/C=C/c1ccc(/C(=C(\c2ccccc2)C2CCC2)c2ccc3nc[nH]c3c2)cc1. The van der Waals surface area contributed by atoms with E-state index in [1.54, 1.807) is 12.4 Å². The van der Waals surface area contributed by atoms with Crippen LogP contribution in [0.25, 0.3) is 28.3 Å².